The molecular formula is C45H31N3O9. The van der Waals surface area contributed by atoms with Crippen LogP contribution in [0.4, 0.5) is 17.1 Å². The van der Waals surface area contributed by atoms with Crippen LogP contribution in [0.15, 0.2) is 160 Å². The smallest absolute Gasteiger partial charge is 0.270 e. The summed E-state index contributed by atoms with van der Waals surface area (Å²) in [6.45, 7) is 0. The Labute approximate surface area is 323 Å². The number of carbonyl (C=O) groups is 2. The Bertz CT molecular complexity index is 2980. The number of phenolic OH excluding ortho intramolecular Hbond substituents is 1. The van der Waals surface area contributed by atoms with E-state index in [-0.39, 0.29) is 34.2 Å². The van der Waals surface area contributed by atoms with Crippen LogP contribution >= 0.6 is 0 Å². The van der Waals surface area contributed by atoms with Gasteiger partial charge in [0.25, 0.3) is 11.4 Å². The number of aromatic hydroxyl groups is 1. The lowest BCUT2D eigenvalue weighted by Crippen LogP contribution is -1.99. The zero-order valence-corrected chi connectivity index (χ0v) is 29.9. The minimum Gasteiger partial charge on any atom is -0.507 e. The van der Waals surface area contributed by atoms with Crippen molar-refractivity contribution in [3.8, 4) is 5.75 Å². The van der Waals surface area contributed by atoms with Crippen molar-refractivity contribution >= 4 is 72.6 Å². The van der Waals surface area contributed by atoms with Crippen molar-refractivity contribution in [3.63, 3.8) is 0 Å². The number of fused-ring (bicyclic) bond motifs is 4. The van der Waals surface area contributed by atoms with Gasteiger partial charge in [0, 0.05) is 52.7 Å². The van der Waals surface area contributed by atoms with Gasteiger partial charge in [-0.15, -0.1) is 0 Å². The van der Waals surface area contributed by atoms with Gasteiger partial charge in [0.1, 0.15) is 22.7 Å². The van der Waals surface area contributed by atoms with E-state index in [4.69, 9.17) is 19.7 Å². The normalized spacial score (nSPS) is 10.7. The number of furan rings is 2. The van der Waals surface area contributed by atoms with Gasteiger partial charge in [0.15, 0.2) is 12.0 Å². The summed E-state index contributed by atoms with van der Waals surface area (Å²) in [7, 11) is 0. The SMILES string of the molecule is Nc1ccc2oc(Cc3ccc4ccccc4c3)cc2c1.O=C(c1ccc2ccccc2c1)c1cc2cc([N+](=O)[O-])ccc2o1.O=Cc1cc([N+](=O)[O-])ccc1O. The van der Waals surface area contributed by atoms with E-state index in [2.05, 4.69) is 48.5 Å². The van der Waals surface area contributed by atoms with Gasteiger partial charge in [-0.1, -0.05) is 78.9 Å². The van der Waals surface area contributed by atoms with Crippen LogP contribution in [0.2, 0.25) is 0 Å². The van der Waals surface area contributed by atoms with Crippen LogP contribution in [-0.4, -0.2) is 27.0 Å². The van der Waals surface area contributed by atoms with E-state index in [1.165, 1.54) is 34.5 Å². The molecule has 12 nitrogen and oxygen atoms in total. The van der Waals surface area contributed by atoms with Gasteiger partial charge in [0.05, 0.1) is 15.4 Å². The Hall–Kier alpha value is -8.12. The summed E-state index contributed by atoms with van der Waals surface area (Å²) in [5.74, 6) is 0.627. The van der Waals surface area contributed by atoms with E-state index in [9.17, 15) is 29.8 Å². The Balaban J connectivity index is 0.000000138. The predicted molar refractivity (Wildman–Crippen MR) is 218 cm³/mol. The third kappa shape index (κ3) is 8.50. The highest BCUT2D eigenvalue weighted by atomic mass is 16.6. The maximum absolute atomic E-state index is 12.7. The van der Waals surface area contributed by atoms with Gasteiger partial charge in [-0.05, 0) is 75.6 Å². The second-order valence-electron chi connectivity index (χ2n) is 13.0. The molecule has 0 saturated carbocycles. The Morgan fingerprint density at radius 1 is 0.614 bits per heavy atom. The molecule has 0 aliphatic heterocycles. The monoisotopic (exact) mass is 757 g/mol. The van der Waals surface area contributed by atoms with Crippen LogP contribution in [0.3, 0.4) is 0 Å². The molecule has 0 radical (unpaired) electrons. The van der Waals surface area contributed by atoms with Crippen molar-refractivity contribution < 1.29 is 33.4 Å². The molecule has 0 amide bonds. The quantitative estimate of drug-likeness (QED) is 0.0519. The molecule has 0 fully saturated rings. The maximum atomic E-state index is 12.7. The van der Waals surface area contributed by atoms with E-state index >= 15 is 0 Å². The fraction of sp³-hybridized carbons (Fsp3) is 0.0222. The minimum absolute atomic E-state index is 0.0343. The first kappa shape index (κ1) is 37.2. The molecular weight excluding hydrogens is 727 g/mol. The van der Waals surface area contributed by atoms with Crippen molar-refractivity contribution in [2.24, 2.45) is 0 Å². The lowest BCUT2D eigenvalue weighted by atomic mass is 10.0. The van der Waals surface area contributed by atoms with Crippen molar-refractivity contribution in [2.45, 2.75) is 6.42 Å². The number of non-ortho nitro benzene ring substituents is 2. The Morgan fingerprint density at radius 2 is 1.21 bits per heavy atom. The number of nitro groups is 2. The summed E-state index contributed by atoms with van der Waals surface area (Å²) in [6.07, 6.45) is 1.15. The number of nitro benzene ring substituents is 2. The van der Waals surface area contributed by atoms with Crippen LogP contribution in [-0.2, 0) is 6.42 Å². The van der Waals surface area contributed by atoms with E-state index in [1.807, 2.05) is 54.6 Å². The molecule has 280 valence electrons. The summed E-state index contributed by atoms with van der Waals surface area (Å²) in [6, 6.07) is 45.0. The zero-order chi connectivity index (χ0) is 40.1. The van der Waals surface area contributed by atoms with Crippen LogP contribution in [0.5, 0.6) is 5.75 Å². The average Bonchev–Trinajstić information content (AvgIpc) is 3.84. The molecule has 9 aromatic rings. The van der Waals surface area contributed by atoms with Gasteiger partial charge in [-0.2, -0.15) is 0 Å². The number of aldehydes is 1. The highest BCUT2D eigenvalue weighted by Crippen LogP contribution is 2.28. The fourth-order valence-electron chi connectivity index (χ4n) is 6.23. The number of nitrogen functional groups attached to an aromatic ring is 1. The van der Waals surface area contributed by atoms with E-state index in [0.29, 0.717) is 22.8 Å². The molecule has 0 spiro atoms. The minimum atomic E-state index is -0.633. The van der Waals surface area contributed by atoms with E-state index in [1.54, 1.807) is 12.1 Å². The molecule has 2 heterocycles. The highest BCUT2D eigenvalue weighted by molar-refractivity contribution is 6.10. The topological polar surface area (TPSA) is 193 Å². The Morgan fingerprint density at radius 3 is 1.91 bits per heavy atom. The largest absolute Gasteiger partial charge is 0.507 e. The van der Waals surface area contributed by atoms with Crippen LogP contribution in [0, 0.1) is 20.2 Å². The number of carbonyl (C=O) groups excluding carboxylic acids is 2. The first-order valence-electron chi connectivity index (χ1n) is 17.4. The number of hydrogen-bond donors (Lipinski definition) is 2. The van der Waals surface area contributed by atoms with E-state index < -0.39 is 9.85 Å². The van der Waals surface area contributed by atoms with Gasteiger partial charge in [0.2, 0.25) is 5.78 Å². The molecule has 12 heteroatoms. The molecule has 3 N–H and O–H groups in total. The predicted octanol–water partition coefficient (Wildman–Crippen LogP) is 10.6. The van der Waals surface area contributed by atoms with E-state index in [0.717, 1.165) is 57.8 Å². The summed E-state index contributed by atoms with van der Waals surface area (Å²) in [5.41, 5.74) is 9.35. The number of anilines is 1. The number of hydrogen-bond acceptors (Lipinski definition) is 10. The second-order valence-corrected chi connectivity index (χ2v) is 13.0. The number of nitrogens with zero attached hydrogens (tertiary/aromatic N) is 2. The zero-order valence-electron chi connectivity index (χ0n) is 29.9. The van der Waals surface area contributed by atoms with Crippen molar-refractivity contribution in [3.05, 3.63) is 200 Å². The molecule has 57 heavy (non-hydrogen) atoms. The molecule has 0 aliphatic carbocycles. The average molecular weight is 758 g/mol. The molecule has 0 aliphatic rings. The fourth-order valence-corrected chi connectivity index (χ4v) is 6.23. The number of benzene rings is 7. The summed E-state index contributed by atoms with van der Waals surface area (Å²) in [4.78, 5) is 42.8. The van der Waals surface area contributed by atoms with Crippen molar-refractivity contribution in [2.75, 3.05) is 5.73 Å². The summed E-state index contributed by atoms with van der Waals surface area (Å²) in [5, 5.41) is 36.1. The van der Waals surface area contributed by atoms with Gasteiger partial charge in [-0.25, -0.2) is 0 Å². The number of ketones is 1. The molecule has 7 aromatic carbocycles. The lowest BCUT2D eigenvalue weighted by molar-refractivity contribution is -0.385. The molecule has 0 atom stereocenters. The molecule has 0 bridgehead atoms. The Kier molecular flexibility index (Phi) is 10.5. The molecule has 2 aromatic heterocycles. The summed E-state index contributed by atoms with van der Waals surface area (Å²) >= 11 is 0. The first-order chi connectivity index (χ1) is 27.5. The lowest BCUT2D eigenvalue weighted by Gasteiger charge is -2.01. The van der Waals surface area contributed by atoms with Crippen molar-refractivity contribution in [1.29, 1.82) is 0 Å². The van der Waals surface area contributed by atoms with Gasteiger partial charge >= 0.3 is 0 Å². The van der Waals surface area contributed by atoms with Gasteiger partial charge < -0.3 is 19.7 Å². The highest BCUT2D eigenvalue weighted by Gasteiger charge is 2.17. The van der Waals surface area contributed by atoms with Crippen LogP contribution in [0.25, 0.3) is 43.5 Å². The number of rotatable bonds is 7. The third-order valence-corrected chi connectivity index (χ3v) is 9.08. The third-order valence-electron chi connectivity index (χ3n) is 9.08. The second kappa shape index (κ2) is 16.1. The van der Waals surface area contributed by atoms with Crippen LogP contribution in [0.1, 0.15) is 37.8 Å². The first-order valence-corrected chi connectivity index (χ1v) is 17.4. The molecule has 9 rings (SSSR count). The van der Waals surface area contributed by atoms with Crippen LogP contribution < -0.4 is 5.73 Å². The molecule has 0 unspecified atom stereocenters. The van der Waals surface area contributed by atoms with Gasteiger partial charge in [-0.3, -0.25) is 29.8 Å². The molecule has 0 saturated heterocycles. The number of phenols is 1. The standard InChI is InChI=1S/C19H11NO4.C19H15NO.C7H5NO4/c21-19(14-6-5-12-3-1-2-4-13(12)9-14)18-11-15-10-16(20(22)23)7-8-17(15)24-18;20-17-7-8-19-16(11-17)12-18(21-19)10-13-5-6-14-3-1-2-4-15(14)9-13;9-4-5-3-6(8(11)12)1-2-7(5)10/h1-11H;1-9,11-12H,10,20H2;1-4,10H. The summed E-state index contributed by atoms with van der Waals surface area (Å²) < 4.78 is 11.4. The number of nitrogens with two attached hydrogens (primary N) is 1. The van der Waals surface area contributed by atoms with Crippen molar-refractivity contribution in [1.82, 2.24) is 0 Å². The maximum Gasteiger partial charge on any atom is 0.270 e.